The van der Waals surface area contributed by atoms with Crippen molar-refractivity contribution >= 4 is 44.8 Å². The first-order valence-corrected chi connectivity index (χ1v) is 7.49. The van der Waals surface area contributed by atoms with Crippen molar-refractivity contribution in [1.82, 2.24) is 0 Å². The molecule has 0 aliphatic carbocycles. The molecule has 0 heterocycles. The zero-order valence-corrected chi connectivity index (χ0v) is 12.1. The highest BCUT2D eigenvalue weighted by atomic mass is 35.5. The van der Waals surface area contributed by atoms with Crippen LogP contribution in [-0.4, -0.2) is 26.6 Å². The molecule has 0 saturated carbocycles. The number of rotatable bonds is 4. The van der Waals surface area contributed by atoms with E-state index in [0.29, 0.717) is 5.02 Å². The number of carbonyl (C=O) groups is 1. The molecule has 0 spiro atoms. The molecule has 0 aromatic heterocycles. The van der Waals surface area contributed by atoms with E-state index in [-0.39, 0.29) is 10.7 Å². The van der Waals surface area contributed by atoms with Gasteiger partial charge in [-0.3, -0.25) is 9.10 Å². The van der Waals surface area contributed by atoms with Crippen molar-refractivity contribution in [3.05, 3.63) is 28.2 Å². The van der Waals surface area contributed by atoms with Crippen LogP contribution in [0.15, 0.2) is 18.2 Å². The molecule has 1 atom stereocenters. The number of amides is 1. The van der Waals surface area contributed by atoms with Gasteiger partial charge in [-0.15, -0.1) is 0 Å². The Balaban J connectivity index is 3.45. The molecule has 0 fully saturated rings. The molecule has 1 aromatic rings. The average molecular weight is 311 g/mol. The zero-order valence-electron chi connectivity index (χ0n) is 9.72. The number of nitrogens with zero attached hydrogens (tertiary/aromatic N) is 1. The van der Waals surface area contributed by atoms with Crippen LogP contribution in [0.2, 0.25) is 10.0 Å². The first-order valence-electron chi connectivity index (χ1n) is 4.88. The second-order valence-electron chi connectivity index (χ2n) is 3.73. The average Bonchev–Trinajstić information content (AvgIpc) is 2.21. The lowest BCUT2D eigenvalue weighted by molar-refractivity contribution is -0.118. The number of benzene rings is 1. The number of nitrogens with two attached hydrogens (primary N) is 1. The Hall–Kier alpha value is -0.980. The minimum atomic E-state index is -3.71. The SMILES string of the molecule is CC(C(N)=O)N(c1cc(Cl)ccc1Cl)S(C)(=O)=O. The van der Waals surface area contributed by atoms with Crippen molar-refractivity contribution in [3.8, 4) is 0 Å². The summed E-state index contributed by atoms with van der Waals surface area (Å²) in [5.74, 6) is -0.781. The molecule has 1 amide bonds. The Kier molecular flexibility index (Phi) is 4.47. The Morgan fingerprint density at radius 1 is 1.39 bits per heavy atom. The third-order valence-electron chi connectivity index (χ3n) is 2.27. The highest BCUT2D eigenvalue weighted by Gasteiger charge is 2.29. The van der Waals surface area contributed by atoms with Crippen LogP contribution in [-0.2, 0) is 14.8 Å². The number of hydrogen-bond donors (Lipinski definition) is 1. The molecule has 5 nitrogen and oxygen atoms in total. The summed E-state index contributed by atoms with van der Waals surface area (Å²) in [5.41, 5.74) is 5.26. The Labute approximate surface area is 116 Å². The van der Waals surface area contributed by atoms with Crippen LogP contribution in [0.4, 0.5) is 5.69 Å². The molecule has 100 valence electrons. The van der Waals surface area contributed by atoms with Gasteiger partial charge in [-0.05, 0) is 25.1 Å². The van der Waals surface area contributed by atoms with Crippen molar-refractivity contribution in [2.24, 2.45) is 5.73 Å². The minimum Gasteiger partial charge on any atom is -0.368 e. The molecule has 2 N–H and O–H groups in total. The normalized spacial score (nSPS) is 13.1. The van der Waals surface area contributed by atoms with Crippen molar-refractivity contribution in [2.45, 2.75) is 13.0 Å². The second kappa shape index (κ2) is 5.34. The van der Waals surface area contributed by atoms with Gasteiger partial charge in [0.15, 0.2) is 0 Å². The molecule has 18 heavy (non-hydrogen) atoms. The highest BCUT2D eigenvalue weighted by Crippen LogP contribution is 2.31. The lowest BCUT2D eigenvalue weighted by atomic mass is 10.2. The molecule has 0 radical (unpaired) electrons. The van der Waals surface area contributed by atoms with Gasteiger partial charge < -0.3 is 5.73 Å². The fourth-order valence-electron chi connectivity index (χ4n) is 1.44. The largest absolute Gasteiger partial charge is 0.368 e. The van der Waals surface area contributed by atoms with Crippen LogP contribution in [0.1, 0.15) is 6.92 Å². The summed E-state index contributed by atoms with van der Waals surface area (Å²) in [6.45, 7) is 1.38. The molecule has 0 saturated heterocycles. The van der Waals surface area contributed by atoms with E-state index in [1.807, 2.05) is 0 Å². The summed E-state index contributed by atoms with van der Waals surface area (Å²) in [6, 6.07) is 3.27. The molecule has 0 bridgehead atoms. The lowest BCUT2D eigenvalue weighted by Crippen LogP contribution is -2.46. The van der Waals surface area contributed by atoms with Crippen LogP contribution in [0, 0.1) is 0 Å². The number of anilines is 1. The molecule has 0 aliphatic heterocycles. The standard InChI is InChI=1S/C10H12Cl2N2O3S/c1-6(10(13)15)14(18(2,16)17)9-5-7(11)3-4-8(9)12/h3-6H,1-2H3,(H2,13,15). The summed E-state index contributed by atoms with van der Waals surface area (Å²) in [5, 5.41) is 0.470. The molecule has 0 aliphatic rings. The first-order chi connectivity index (χ1) is 8.14. The van der Waals surface area contributed by atoms with Gasteiger partial charge in [0, 0.05) is 5.02 Å². The van der Waals surface area contributed by atoms with Crippen molar-refractivity contribution < 1.29 is 13.2 Å². The summed E-state index contributed by atoms with van der Waals surface area (Å²) in [7, 11) is -3.71. The van der Waals surface area contributed by atoms with Gasteiger partial charge in [-0.1, -0.05) is 23.2 Å². The Bertz CT molecular complexity index is 574. The van der Waals surface area contributed by atoms with E-state index in [4.69, 9.17) is 28.9 Å². The summed E-state index contributed by atoms with van der Waals surface area (Å²) < 4.78 is 24.4. The van der Waals surface area contributed by atoms with E-state index >= 15 is 0 Å². The second-order valence-corrected chi connectivity index (χ2v) is 6.44. The van der Waals surface area contributed by atoms with Gasteiger partial charge in [-0.2, -0.15) is 0 Å². The van der Waals surface area contributed by atoms with Crippen molar-refractivity contribution in [3.63, 3.8) is 0 Å². The van der Waals surface area contributed by atoms with E-state index < -0.39 is 22.0 Å². The fourth-order valence-corrected chi connectivity index (χ4v) is 3.06. The van der Waals surface area contributed by atoms with Crippen LogP contribution < -0.4 is 10.0 Å². The first kappa shape index (κ1) is 15.1. The number of sulfonamides is 1. The smallest absolute Gasteiger partial charge is 0.241 e. The predicted molar refractivity (Wildman–Crippen MR) is 72.4 cm³/mol. The number of hydrogen-bond acceptors (Lipinski definition) is 3. The van der Waals surface area contributed by atoms with Gasteiger partial charge in [0.05, 0.1) is 17.0 Å². The van der Waals surface area contributed by atoms with E-state index in [0.717, 1.165) is 10.6 Å². The topological polar surface area (TPSA) is 80.5 Å². The van der Waals surface area contributed by atoms with Gasteiger partial charge >= 0.3 is 0 Å². The number of carbonyl (C=O) groups excluding carboxylic acids is 1. The quantitative estimate of drug-likeness (QED) is 0.917. The third-order valence-corrected chi connectivity index (χ3v) is 4.05. The maximum Gasteiger partial charge on any atom is 0.241 e. The van der Waals surface area contributed by atoms with Gasteiger partial charge in [0.2, 0.25) is 15.9 Å². The fraction of sp³-hybridized carbons (Fsp3) is 0.300. The monoisotopic (exact) mass is 310 g/mol. The van der Waals surface area contributed by atoms with Crippen molar-refractivity contribution in [2.75, 3.05) is 10.6 Å². The highest BCUT2D eigenvalue weighted by molar-refractivity contribution is 7.92. The van der Waals surface area contributed by atoms with E-state index in [9.17, 15) is 13.2 Å². The molecule has 8 heteroatoms. The molecule has 1 aromatic carbocycles. The van der Waals surface area contributed by atoms with E-state index in [1.165, 1.54) is 25.1 Å². The van der Waals surface area contributed by atoms with Crippen LogP contribution in [0.3, 0.4) is 0 Å². The van der Waals surface area contributed by atoms with Crippen LogP contribution in [0.25, 0.3) is 0 Å². The molecule has 1 unspecified atom stereocenters. The Morgan fingerprint density at radius 2 is 1.94 bits per heavy atom. The summed E-state index contributed by atoms with van der Waals surface area (Å²) >= 11 is 11.7. The minimum absolute atomic E-state index is 0.123. The molecular formula is C10H12Cl2N2O3S. The molecular weight excluding hydrogens is 299 g/mol. The van der Waals surface area contributed by atoms with E-state index in [2.05, 4.69) is 0 Å². The third kappa shape index (κ3) is 3.28. The Morgan fingerprint density at radius 3 is 2.39 bits per heavy atom. The van der Waals surface area contributed by atoms with Crippen LogP contribution >= 0.6 is 23.2 Å². The summed E-state index contributed by atoms with van der Waals surface area (Å²) in [6.07, 6.45) is 0.962. The van der Waals surface area contributed by atoms with Gasteiger partial charge in [-0.25, -0.2) is 8.42 Å². The van der Waals surface area contributed by atoms with Gasteiger partial charge in [0.25, 0.3) is 0 Å². The molecule has 1 rings (SSSR count). The maximum atomic E-state index is 11.8. The van der Waals surface area contributed by atoms with Gasteiger partial charge in [0.1, 0.15) is 6.04 Å². The van der Waals surface area contributed by atoms with Crippen molar-refractivity contribution in [1.29, 1.82) is 0 Å². The van der Waals surface area contributed by atoms with E-state index in [1.54, 1.807) is 0 Å². The predicted octanol–water partition coefficient (Wildman–Crippen LogP) is 1.63. The lowest BCUT2D eigenvalue weighted by Gasteiger charge is -2.27. The summed E-state index contributed by atoms with van der Waals surface area (Å²) in [4.78, 5) is 11.2. The zero-order chi connectivity index (χ0) is 14.1. The maximum absolute atomic E-state index is 11.8. The number of halogens is 2. The number of primary amides is 1. The van der Waals surface area contributed by atoms with Crippen LogP contribution in [0.5, 0.6) is 0 Å².